The Labute approximate surface area is 116 Å². The van der Waals surface area contributed by atoms with Gasteiger partial charge in [-0.25, -0.2) is 9.97 Å². The minimum absolute atomic E-state index is 0.294. The van der Waals surface area contributed by atoms with Crippen LogP contribution in [-0.4, -0.2) is 52.8 Å². The van der Waals surface area contributed by atoms with Crippen LogP contribution in [0.3, 0.4) is 0 Å². The summed E-state index contributed by atoms with van der Waals surface area (Å²) in [6.07, 6.45) is 0. The highest BCUT2D eigenvalue weighted by atomic mass is 16.3. The Balaban J connectivity index is 2.72. The van der Waals surface area contributed by atoms with Crippen LogP contribution in [-0.2, 0) is 0 Å². The second kappa shape index (κ2) is 6.30. The van der Waals surface area contributed by atoms with Crippen molar-refractivity contribution in [1.82, 2.24) is 14.9 Å². The van der Waals surface area contributed by atoms with Gasteiger partial charge in [0.15, 0.2) is 0 Å². The molecule has 108 valence electrons. The molecule has 0 bridgehead atoms. The first-order valence-corrected chi connectivity index (χ1v) is 6.66. The molecule has 19 heavy (non-hydrogen) atoms. The summed E-state index contributed by atoms with van der Waals surface area (Å²) in [5, 5.41) is 13.4. The van der Waals surface area contributed by atoms with Crippen LogP contribution < -0.4 is 5.32 Å². The average Bonchev–Trinajstić information content (AvgIpc) is 2.24. The van der Waals surface area contributed by atoms with Gasteiger partial charge in [0, 0.05) is 30.8 Å². The molecule has 0 saturated heterocycles. The maximum Gasteiger partial charge on any atom is 0.133 e. The van der Waals surface area contributed by atoms with Crippen molar-refractivity contribution in [3.05, 3.63) is 17.6 Å². The number of aliphatic hydroxyl groups is 1. The molecular weight excluding hydrogens is 240 g/mol. The quantitative estimate of drug-likeness (QED) is 0.819. The molecule has 0 aliphatic carbocycles. The van der Waals surface area contributed by atoms with Gasteiger partial charge < -0.3 is 15.3 Å². The lowest BCUT2D eigenvalue weighted by Crippen LogP contribution is -2.43. The van der Waals surface area contributed by atoms with Crippen LogP contribution >= 0.6 is 0 Å². The number of hydrogen-bond donors (Lipinski definition) is 2. The van der Waals surface area contributed by atoms with Gasteiger partial charge >= 0.3 is 0 Å². The van der Waals surface area contributed by atoms with Crippen molar-refractivity contribution in [2.45, 2.75) is 39.2 Å². The van der Waals surface area contributed by atoms with Crippen molar-refractivity contribution in [2.75, 3.05) is 32.5 Å². The van der Waals surface area contributed by atoms with Crippen molar-refractivity contribution in [1.29, 1.82) is 0 Å². The van der Waals surface area contributed by atoms with E-state index in [4.69, 9.17) is 0 Å². The number of rotatable bonds is 6. The molecule has 1 atom stereocenters. The molecule has 1 heterocycles. The highest BCUT2D eigenvalue weighted by Gasteiger charge is 2.21. The monoisotopic (exact) mass is 266 g/mol. The summed E-state index contributed by atoms with van der Waals surface area (Å²) >= 11 is 0. The lowest BCUT2D eigenvalue weighted by Gasteiger charge is -2.27. The number of nitrogens with zero attached hydrogens (tertiary/aromatic N) is 3. The van der Waals surface area contributed by atoms with Gasteiger partial charge in [0.25, 0.3) is 0 Å². The predicted molar refractivity (Wildman–Crippen MR) is 78.5 cm³/mol. The van der Waals surface area contributed by atoms with Gasteiger partial charge in [-0.1, -0.05) is 13.8 Å². The number of aryl methyl sites for hydroxylation is 1. The third kappa shape index (κ3) is 5.53. The second-order valence-electron chi connectivity index (χ2n) is 6.00. The van der Waals surface area contributed by atoms with E-state index >= 15 is 0 Å². The molecule has 0 spiro atoms. The Morgan fingerprint density at radius 3 is 2.53 bits per heavy atom. The SMILES string of the molecule is Cc1cc(NCC(C)(O)CN(C)C)nc(C(C)C)n1. The van der Waals surface area contributed by atoms with E-state index in [0.717, 1.165) is 17.3 Å². The van der Waals surface area contributed by atoms with E-state index in [-0.39, 0.29) is 0 Å². The van der Waals surface area contributed by atoms with Crippen LogP contribution in [0.2, 0.25) is 0 Å². The molecule has 1 rings (SSSR count). The summed E-state index contributed by atoms with van der Waals surface area (Å²) < 4.78 is 0. The minimum Gasteiger partial charge on any atom is -0.387 e. The van der Waals surface area contributed by atoms with Gasteiger partial charge in [-0.2, -0.15) is 0 Å². The van der Waals surface area contributed by atoms with Crippen LogP contribution in [0, 0.1) is 6.92 Å². The lowest BCUT2D eigenvalue weighted by molar-refractivity contribution is 0.0459. The predicted octanol–water partition coefficient (Wildman–Crippen LogP) is 1.63. The molecule has 0 amide bonds. The third-order valence-corrected chi connectivity index (χ3v) is 2.70. The van der Waals surface area contributed by atoms with Crippen molar-refractivity contribution in [2.24, 2.45) is 0 Å². The normalized spacial score (nSPS) is 14.8. The highest BCUT2D eigenvalue weighted by molar-refractivity contribution is 5.36. The van der Waals surface area contributed by atoms with Crippen molar-refractivity contribution in [3.63, 3.8) is 0 Å². The molecule has 0 aliphatic heterocycles. The number of nitrogens with one attached hydrogen (secondary N) is 1. The maximum atomic E-state index is 10.2. The van der Waals surface area contributed by atoms with Crippen LogP contribution in [0.4, 0.5) is 5.82 Å². The van der Waals surface area contributed by atoms with E-state index in [1.54, 1.807) is 0 Å². The molecule has 5 heteroatoms. The van der Waals surface area contributed by atoms with Crippen LogP contribution in [0.25, 0.3) is 0 Å². The van der Waals surface area contributed by atoms with E-state index in [1.165, 1.54) is 0 Å². The standard InChI is InChI=1S/C14H26N4O/c1-10(2)13-16-11(3)7-12(17-13)15-8-14(4,19)9-18(5)6/h7,10,19H,8-9H2,1-6H3,(H,15,16,17). The summed E-state index contributed by atoms with van der Waals surface area (Å²) in [5.41, 5.74) is 0.147. The van der Waals surface area contributed by atoms with E-state index in [0.29, 0.717) is 19.0 Å². The van der Waals surface area contributed by atoms with Crippen LogP contribution in [0.5, 0.6) is 0 Å². The Morgan fingerprint density at radius 1 is 1.37 bits per heavy atom. The van der Waals surface area contributed by atoms with Crippen molar-refractivity contribution < 1.29 is 5.11 Å². The lowest BCUT2D eigenvalue weighted by atomic mass is 10.1. The first-order chi connectivity index (χ1) is 8.69. The smallest absolute Gasteiger partial charge is 0.133 e. The van der Waals surface area contributed by atoms with Crippen molar-refractivity contribution >= 4 is 5.82 Å². The Kier molecular flexibility index (Phi) is 5.26. The zero-order chi connectivity index (χ0) is 14.6. The fraction of sp³-hybridized carbons (Fsp3) is 0.714. The summed E-state index contributed by atoms with van der Waals surface area (Å²) in [6.45, 7) is 8.97. The van der Waals surface area contributed by atoms with Gasteiger partial charge in [-0.15, -0.1) is 0 Å². The first kappa shape index (κ1) is 15.9. The summed E-state index contributed by atoms with van der Waals surface area (Å²) in [6, 6.07) is 1.90. The number of likely N-dealkylation sites (N-methyl/N-ethyl adjacent to an activating group) is 1. The van der Waals surface area contributed by atoms with E-state index < -0.39 is 5.60 Å². The molecule has 2 N–H and O–H groups in total. The molecule has 0 aromatic carbocycles. The molecule has 5 nitrogen and oxygen atoms in total. The summed E-state index contributed by atoms with van der Waals surface area (Å²) in [4.78, 5) is 10.8. The van der Waals surface area contributed by atoms with E-state index in [1.807, 2.05) is 38.9 Å². The third-order valence-electron chi connectivity index (χ3n) is 2.70. The summed E-state index contributed by atoms with van der Waals surface area (Å²) in [7, 11) is 3.89. The average molecular weight is 266 g/mol. The molecule has 0 aliphatic rings. The maximum absolute atomic E-state index is 10.2. The fourth-order valence-corrected chi connectivity index (χ4v) is 1.96. The van der Waals surface area contributed by atoms with Gasteiger partial charge in [0.05, 0.1) is 5.60 Å². The topological polar surface area (TPSA) is 61.3 Å². The molecule has 1 aromatic heterocycles. The second-order valence-corrected chi connectivity index (χ2v) is 6.00. The largest absolute Gasteiger partial charge is 0.387 e. The zero-order valence-electron chi connectivity index (χ0n) is 12.9. The summed E-state index contributed by atoms with van der Waals surface area (Å²) in [5.74, 6) is 1.90. The van der Waals surface area contributed by atoms with Crippen LogP contribution in [0.15, 0.2) is 6.07 Å². The van der Waals surface area contributed by atoms with E-state index in [9.17, 15) is 5.11 Å². The molecule has 0 saturated carbocycles. The van der Waals surface area contributed by atoms with Gasteiger partial charge in [-0.05, 0) is 27.9 Å². The highest BCUT2D eigenvalue weighted by Crippen LogP contribution is 2.14. The van der Waals surface area contributed by atoms with Gasteiger partial charge in [0.1, 0.15) is 11.6 Å². The van der Waals surface area contributed by atoms with E-state index in [2.05, 4.69) is 29.1 Å². The molecule has 0 radical (unpaired) electrons. The van der Waals surface area contributed by atoms with Crippen LogP contribution in [0.1, 0.15) is 38.2 Å². The Morgan fingerprint density at radius 2 is 2.00 bits per heavy atom. The first-order valence-electron chi connectivity index (χ1n) is 6.66. The Hall–Kier alpha value is -1.20. The Bertz CT molecular complexity index is 416. The zero-order valence-corrected chi connectivity index (χ0v) is 12.9. The number of hydrogen-bond acceptors (Lipinski definition) is 5. The fourth-order valence-electron chi connectivity index (χ4n) is 1.96. The molecular formula is C14H26N4O. The van der Waals surface area contributed by atoms with Crippen molar-refractivity contribution in [3.8, 4) is 0 Å². The van der Waals surface area contributed by atoms with Gasteiger partial charge in [-0.3, -0.25) is 0 Å². The number of anilines is 1. The molecule has 0 fully saturated rings. The minimum atomic E-state index is -0.791. The van der Waals surface area contributed by atoms with Gasteiger partial charge in [0.2, 0.25) is 0 Å². The molecule has 1 aromatic rings. The number of aromatic nitrogens is 2. The molecule has 1 unspecified atom stereocenters.